The van der Waals surface area contributed by atoms with E-state index in [-0.39, 0.29) is 11.5 Å². The van der Waals surface area contributed by atoms with Crippen molar-refractivity contribution in [1.29, 1.82) is 0 Å². The third-order valence-corrected chi connectivity index (χ3v) is 5.58. The average Bonchev–Trinajstić information content (AvgIpc) is 2.40. The Balaban J connectivity index is 2.67. The fourth-order valence-electron chi connectivity index (χ4n) is 3.53. The summed E-state index contributed by atoms with van der Waals surface area (Å²) in [6.45, 7) is 9.21. The van der Waals surface area contributed by atoms with E-state index in [1.807, 2.05) is 0 Å². The van der Waals surface area contributed by atoms with Gasteiger partial charge in [-0.25, -0.2) is 0 Å². The number of nitrogens with zero attached hydrogens (tertiary/aromatic N) is 1. The van der Waals surface area contributed by atoms with E-state index in [1.165, 1.54) is 51.4 Å². The highest BCUT2D eigenvalue weighted by Gasteiger charge is 2.31. The summed E-state index contributed by atoms with van der Waals surface area (Å²) in [6.07, 6.45) is 12.6. The lowest BCUT2D eigenvalue weighted by molar-refractivity contribution is 0.00496. The van der Waals surface area contributed by atoms with Crippen LogP contribution in [-0.2, 0) is 0 Å². The van der Waals surface area contributed by atoms with Gasteiger partial charge < -0.3 is 5.11 Å². The Morgan fingerprint density at radius 1 is 0.857 bits per heavy atom. The highest BCUT2D eigenvalue weighted by Crippen LogP contribution is 2.28. The van der Waals surface area contributed by atoms with Crippen molar-refractivity contribution in [1.82, 2.24) is 4.90 Å². The van der Waals surface area contributed by atoms with Crippen molar-refractivity contribution >= 4 is 0 Å². The van der Waals surface area contributed by atoms with Crippen LogP contribution in [0.1, 0.15) is 91.9 Å². The van der Waals surface area contributed by atoms with Crippen molar-refractivity contribution in [3.63, 3.8) is 0 Å². The van der Waals surface area contributed by atoms with E-state index in [0.29, 0.717) is 12.1 Å². The summed E-state index contributed by atoms with van der Waals surface area (Å²) >= 11 is 0. The molecule has 0 saturated heterocycles. The van der Waals surface area contributed by atoms with Crippen LogP contribution < -0.4 is 0 Å². The monoisotopic (exact) mass is 297 g/mol. The van der Waals surface area contributed by atoms with Crippen molar-refractivity contribution in [3.05, 3.63) is 0 Å². The van der Waals surface area contributed by atoms with Crippen LogP contribution in [0.2, 0.25) is 0 Å². The van der Waals surface area contributed by atoms with Crippen molar-refractivity contribution in [3.8, 4) is 0 Å². The first-order chi connectivity index (χ1) is 9.84. The summed E-state index contributed by atoms with van der Waals surface area (Å²) in [6, 6.07) is 0.823. The molecule has 1 rings (SSSR count). The van der Waals surface area contributed by atoms with Crippen molar-refractivity contribution < 1.29 is 5.11 Å². The van der Waals surface area contributed by atoms with Gasteiger partial charge in [-0.1, -0.05) is 72.1 Å². The lowest BCUT2D eigenvalue weighted by Crippen LogP contribution is -2.50. The number of aliphatic hydroxyl groups excluding tert-OH is 1. The first kappa shape index (κ1) is 19.0. The maximum atomic E-state index is 10.7. The molecule has 0 aromatic carbocycles. The third-order valence-electron chi connectivity index (χ3n) is 5.58. The second-order valence-electron chi connectivity index (χ2n) is 8.25. The minimum Gasteiger partial charge on any atom is -0.391 e. The van der Waals surface area contributed by atoms with E-state index in [4.69, 9.17) is 0 Å². The lowest BCUT2D eigenvalue weighted by atomic mass is 9.85. The Bertz CT molecular complexity index is 271. The molecule has 0 heterocycles. The maximum absolute atomic E-state index is 10.7. The predicted molar refractivity (Wildman–Crippen MR) is 92.6 cm³/mol. The summed E-state index contributed by atoms with van der Waals surface area (Å²) in [5, 5.41) is 10.7. The van der Waals surface area contributed by atoms with E-state index in [2.05, 4.69) is 39.6 Å². The fraction of sp³-hybridized carbons (Fsp3) is 1.00. The van der Waals surface area contributed by atoms with E-state index in [9.17, 15) is 5.11 Å². The highest BCUT2D eigenvalue weighted by atomic mass is 16.3. The molecule has 0 aromatic heterocycles. The quantitative estimate of drug-likeness (QED) is 0.775. The molecule has 0 spiro atoms. The summed E-state index contributed by atoms with van der Waals surface area (Å²) in [5.74, 6) is 0. The molecule has 0 amide bonds. The van der Waals surface area contributed by atoms with Crippen molar-refractivity contribution in [2.45, 2.75) is 110 Å². The van der Waals surface area contributed by atoms with Gasteiger partial charge in [-0.2, -0.15) is 0 Å². The number of aliphatic hydroxyl groups is 1. The Labute approximate surface area is 133 Å². The van der Waals surface area contributed by atoms with Gasteiger partial charge in [-0.05, 0) is 32.2 Å². The molecule has 126 valence electrons. The molecule has 0 bridgehead atoms. The maximum Gasteiger partial charge on any atom is 0.0695 e. The van der Waals surface area contributed by atoms with Gasteiger partial charge in [0.15, 0.2) is 0 Å². The van der Waals surface area contributed by atoms with Crippen LogP contribution in [0, 0.1) is 5.41 Å². The van der Waals surface area contributed by atoms with Crippen LogP contribution in [0.3, 0.4) is 0 Å². The molecule has 0 aliphatic heterocycles. The van der Waals surface area contributed by atoms with E-state index in [1.54, 1.807) is 0 Å². The normalized spacial score (nSPS) is 28.7. The molecule has 1 saturated carbocycles. The molecule has 2 heteroatoms. The van der Waals surface area contributed by atoms with Crippen LogP contribution in [0.25, 0.3) is 0 Å². The molecule has 0 radical (unpaired) electrons. The van der Waals surface area contributed by atoms with Gasteiger partial charge in [0.05, 0.1) is 6.10 Å². The summed E-state index contributed by atoms with van der Waals surface area (Å²) in [4.78, 5) is 2.45. The summed E-state index contributed by atoms with van der Waals surface area (Å²) in [5.41, 5.74) is 0.262. The van der Waals surface area contributed by atoms with Gasteiger partial charge in [0.1, 0.15) is 0 Å². The number of hydrogen-bond acceptors (Lipinski definition) is 2. The second-order valence-corrected chi connectivity index (χ2v) is 8.25. The van der Waals surface area contributed by atoms with Crippen LogP contribution in [-0.4, -0.2) is 35.2 Å². The first-order valence-corrected chi connectivity index (χ1v) is 9.24. The predicted octanol–water partition coefficient (Wildman–Crippen LogP) is 5.00. The minimum absolute atomic E-state index is 0.153. The zero-order chi connectivity index (χ0) is 15.9. The molecule has 3 atom stereocenters. The Morgan fingerprint density at radius 3 is 1.76 bits per heavy atom. The molecule has 0 aromatic rings. The van der Waals surface area contributed by atoms with Gasteiger partial charge in [0, 0.05) is 12.1 Å². The molecular weight excluding hydrogens is 258 g/mol. The summed E-state index contributed by atoms with van der Waals surface area (Å²) in [7, 11) is 2.22. The summed E-state index contributed by atoms with van der Waals surface area (Å²) < 4.78 is 0. The Hall–Kier alpha value is -0.0800. The third kappa shape index (κ3) is 6.69. The van der Waals surface area contributed by atoms with Crippen LogP contribution in [0.5, 0.6) is 0 Å². The SMILES string of the molecule is CC(N(C)C1CCCCCCCCCCC1O)C(C)(C)C. The van der Waals surface area contributed by atoms with Crippen LogP contribution >= 0.6 is 0 Å². The molecular formula is C19H39NO. The number of hydrogen-bond donors (Lipinski definition) is 1. The molecule has 3 unspecified atom stereocenters. The van der Waals surface area contributed by atoms with Gasteiger partial charge in [0.25, 0.3) is 0 Å². The van der Waals surface area contributed by atoms with Crippen LogP contribution in [0.15, 0.2) is 0 Å². The molecule has 1 N–H and O–H groups in total. The van der Waals surface area contributed by atoms with Gasteiger partial charge in [-0.15, -0.1) is 0 Å². The molecule has 1 aliphatic carbocycles. The zero-order valence-electron chi connectivity index (χ0n) is 15.2. The Kier molecular flexibility index (Phi) is 8.26. The second kappa shape index (κ2) is 9.15. The highest BCUT2D eigenvalue weighted by molar-refractivity contribution is 4.86. The van der Waals surface area contributed by atoms with E-state index < -0.39 is 0 Å². The van der Waals surface area contributed by atoms with Gasteiger partial charge >= 0.3 is 0 Å². The van der Waals surface area contributed by atoms with E-state index in [0.717, 1.165) is 12.8 Å². The fourth-order valence-corrected chi connectivity index (χ4v) is 3.53. The molecule has 21 heavy (non-hydrogen) atoms. The van der Waals surface area contributed by atoms with Gasteiger partial charge in [-0.3, -0.25) is 4.90 Å². The smallest absolute Gasteiger partial charge is 0.0695 e. The minimum atomic E-state index is -0.153. The molecule has 1 fully saturated rings. The van der Waals surface area contributed by atoms with Gasteiger partial charge in [0.2, 0.25) is 0 Å². The molecule has 1 aliphatic rings. The topological polar surface area (TPSA) is 23.5 Å². The number of rotatable bonds is 2. The first-order valence-electron chi connectivity index (χ1n) is 9.24. The zero-order valence-corrected chi connectivity index (χ0v) is 15.2. The molecule has 2 nitrogen and oxygen atoms in total. The van der Waals surface area contributed by atoms with Crippen molar-refractivity contribution in [2.75, 3.05) is 7.05 Å². The average molecular weight is 298 g/mol. The largest absolute Gasteiger partial charge is 0.391 e. The van der Waals surface area contributed by atoms with Crippen LogP contribution in [0.4, 0.5) is 0 Å². The van der Waals surface area contributed by atoms with Crippen molar-refractivity contribution in [2.24, 2.45) is 5.41 Å². The lowest BCUT2D eigenvalue weighted by Gasteiger charge is -2.42. The number of likely N-dealkylation sites (N-methyl/N-ethyl adjacent to an activating group) is 1. The standard InChI is InChI=1S/C19H39NO/c1-16(19(2,3)4)20(5)17-14-12-10-8-6-7-9-11-13-15-18(17)21/h16-18,21H,6-15H2,1-5H3. The van der Waals surface area contributed by atoms with E-state index >= 15 is 0 Å². The Morgan fingerprint density at radius 2 is 1.29 bits per heavy atom.